The molecule has 616 valence electrons. The van der Waals surface area contributed by atoms with E-state index in [-0.39, 0.29) is 17.4 Å². The van der Waals surface area contributed by atoms with Gasteiger partial charge in [-0.3, -0.25) is 14.5 Å². The van der Waals surface area contributed by atoms with Crippen LogP contribution in [0.3, 0.4) is 0 Å². The van der Waals surface area contributed by atoms with Crippen LogP contribution in [-0.2, 0) is 11.3 Å². The molecule has 1 atom stereocenters. The Kier molecular flexibility index (Phi) is 32.1. The first-order valence-electron chi connectivity index (χ1n) is 37.7. The number of piperidine rings is 1. The normalized spacial score (nSPS) is 12.6. The number of rotatable bonds is 21. The van der Waals surface area contributed by atoms with Gasteiger partial charge in [0, 0.05) is 104 Å². The van der Waals surface area contributed by atoms with Crippen LogP contribution in [0.4, 0.5) is 58.2 Å². The summed E-state index contributed by atoms with van der Waals surface area (Å²) in [5.74, 6) is 1.56. The molecule has 121 heavy (non-hydrogen) atoms. The van der Waals surface area contributed by atoms with E-state index < -0.39 is 12.1 Å². The molecule has 0 saturated carbocycles. The molecule has 5 aromatic carbocycles. The fourth-order valence-corrected chi connectivity index (χ4v) is 18.9. The number of morpholine rings is 1. The Morgan fingerprint density at radius 1 is 0.413 bits per heavy atom. The SMILES string of the molecule is Brc1ccc(-c2ccnc(Nc3cccc(CN4CCCCC4)c3)n2)s1.CC(O)c1cccc(Nc2nccc(-c3ccc(Br)s3)n2)c1.CN(C)C(=O)c1cccc(Nc2nccc(-c3ccc(Br)s3)n2)c1.O=C(O)c1cccc(Nc2nccc(-c3ccc(Br)s3)n2)c1.O=C(c1cccc(Nc2nccc(-c3ccc(Br)s3)n2)c1)N1CCOCC1. The molecule has 2 aliphatic heterocycles. The Hall–Kier alpha value is -10.3. The Labute approximate surface area is 760 Å². The van der Waals surface area contributed by atoms with Crippen LogP contribution in [0.2, 0.25) is 0 Å². The van der Waals surface area contributed by atoms with Gasteiger partial charge in [-0.2, -0.15) is 0 Å². The molecule has 2 saturated heterocycles. The van der Waals surface area contributed by atoms with E-state index in [1.165, 1.54) is 44.0 Å². The van der Waals surface area contributed by atoms with Crippen molar-refractivity contribution >= 4 is 212 Å². The first kappa shape index (κ1) is 88.5. The molecule has 0 bridgehead atoms. The molecule has 2 amide bonds. The van der Waals surface area contributed by atoms with Crippen molar-refractivity contribution in [2.45, 2.75) is 38.8 Å². The van der Waals surface area contributed by atoms with E-state index in [0.717, 1.165) is 107 Å². The maximum absolute atomic E-state index is 12.7. The second-order valence-corrected chi connectivity index (χ2v) is 39.3. The number of hydrogen-bond acceptors (Lipinski definition) is 26. The van der Waals surface area contributed by atoms with Gasteiger partial charge in [-0.25, -0.2) is 54.6 Å². The summed E-state index contributed by atoms with van der Waals surface area (Å²) < 4.78 is 10.6. The third-order valence-corrected chi connectivity index (χ3v) is 26.1. The standard InChI is InChI=1S/C20H21BrN4S.C19H17BrN4O2S.C17H15BrN4OS.C16H14BrN3OS.C15H10BrN3O2S/c21-19-8-7-18(26-19)17-9-10-22-20(24-17)23-16-6-4-5-15(13-16)14-25-11-2-1-3-12-25;20-17-5-4-16(27-17)15-6-7-21-19(23-15)22-14-3-1-2-13(12-14)18(25)24-8-10-26-11-9-24;1-22(2)16(23)11-4-3-5-12(10-11)20-17-19-9-8-13(21-17)14-6-7-15(18)24-14;1-10(21)11-3-2-4-12(9-11)19-16-18-8-7-13(20-16)14-5-6-15(17)22-14;16-13-5-4-12(22-13)11-6-7-17-15(19-11)18-10-3-1-2-9(8-10)14(20)21/h4-10,13H,1-3,11-12,14H2,(H,22,23,24);1-7,12H,8-11H2,(H,21,22,23);3-10H,1-2H3,(H,19,20,21);2-10,21H,1H3,(H,18,19,20);1-8H,(H,20,21)(H,17,18,19). The van der Waals surface area contributed by atoms with Gasteiger partial charge in [-0.05, 0) is 293 Å². The number of aliphatic hydroxyl groups excluding tert-OH is 1. The summed E-state index contributed by atoms with van der Waals surface area (Å²) in [7, 11) is 3.46. The van der Waals surface area contributed by atoms with E-state index in [1.807, 2.05) is 150 Å². The highest BCUT2D eigenvalue weighted by molar-refractivity contribution is 9.12. The molecule has 12 heterocycles. The number of aromatic nitrogens is 10. The molecule has 2 aliphatic rings. The summed E-state index contributed by atoms with van der Waals surface area (Å²) in [5, 5.41) is 34.6. The largest absolute Gasteiger partial charge is 0.478 e. The molecule has 17 rings (SSSR count). The van der Waals surface area contributed by atoms with E-state index in [1.54, 1.807) is 144 Å². The van der Waals surface area contributed by atoms with Gasteiger partial charge in [0.2, 0.25) is 29.7 Å². The van der Waals surface area contributed by atoms with E-state index in [0.29, 0.717) is 72.9 Å². The molecule has 0 aliphatic carbocycles. The van der Waals surface area contributed by atoms with Crippen LogP contribution in [0.1, 0.15) is 74.5 Å². The van der Waals surface area contributed by atoms with Gasteiger partial charge in [0.1, 0.15) is 0 Å². The van der Waals surface area contributed by atoms with Crippen LogP contribution in [0.15, 0.2) is 262 Å². The van der Waals surface area contributed by atoms with Crippen LogP contribution in [0, 0.1) is 0 Å². The van der Waals surface area contributed by atoms with Gasteiger partial charge >= 0.3 is 5.97 Å². The maximum atomic E-state index is 12.7. The van der Waals surface area contributed by atoms with E-state index in [2.05, 4.69) is 191 Å². The highest BCUT2D eigenvalue weighted by Crippen LogP contribution is 2.37. The Bertz CT molecular complexity index is 6000. The topological polar surface area (TPSA) is 300 Å². The number of carbonyl (C=O) groups excluding carboxylic acids is 2. The molecular weight excluding hydrogens is 1950 g/mol. The van der Waals surface area contributed by atoms with Crippen molar-refractivity contribution in [1.82, 2.24) is 64.5 Å². The average Bonchev–Trinajstić information content (AvgIpc) is 1.82. The minimum Gasteiger partial charge on any atom is -0.478 e. The van der Waals surface area contributed by atoms with Gasteiger partial charge in [-0.15, -0.1) is 56.7 Å². The van der Waals surface area contributed by atoms with Gasteiger partial charge in [0.15, 0.2) is 0 Å². The smallest absolute Gasteiger partial charge is 0.335 e. The molecule has 0 spiro atoms. The second kappa shape index (κ2) is 44.0. The first-order chi connectivity index (χ1) is 58.7. The number of amides is 2. The minimum atomic E-state index is -0.971. The molecule has 34 heteroatoms. The highest BCUT2D eigenvalue weighted by atomic mass is 79.9. The lowest BCUT2D eigenvalue weighted by Gasteiger charge is -2.27. The number of halogens is 5. The zero-order chi connectivity index (χ0) is 84.6. The number of hydrogen-bond donors (Lipinski definition) is 7. The Morgan fingerprint density at radius 3 is 1.10 bits per heavy atom. The van der Waals surface area contributed by atoms with E-state index in [4.69, 9.17) is 9.84 Å². The number of benzene rings is 5. The maximum Gasteiger partial charge on any atom is 0.335 e. The van der Waals surface area contributed by atoms with Crippen LogP contribution in [0.5, 0.6) is 0 Å². The van der Waals surface area contributed by atoms with E-state index in [9.17, 15) is 19.5 Å². The van der Waals surface area contributed by atoms with Gasteiger partial charge in [0.25, 0.3) is 11.8 Å². The third kappa shape index (κ3) is 26.6. The van der Waals surface area contributed by atoms with E-state index >= 15 is 0 Å². The number of carboxylic acid groups (broad SMARTS) is 1. The van der Waals surface area contributed by atoms with Crippen molar-refractivity contribution in [1.29, 1.82) is 0 Å². The fraction of sp³-hybridized carbons (Fsp3) is 0.161. The molecule has 7 N–H and O–H groups in total. The lowest BCUT2D eigenvalue weighted by atomic mass is 10.1. The zero-order valence-electron chi connectivity index (χ0n) is 65.0. The number of aliphatic hydroxyl groups is 1. The lowest BCUT2D eigenvalue weighted by Crippen LogP contribution is -2.40. The van der Waals surface area contributed by atoms with Crippen LogP contribution >= 0.6 is 136 Å². The number of anilines is 10. The monoisotopic (exact) mass is 2020 g/mol. The number of carbonyl (C=O) groups is 3. The number of ether oxygens (including phenoxy) is 1. The van der Waals surface area contributed by atoms with Gasteiger partial charge < -0.3 is 51.3 Å². The first-order valence-corrected chi connectivity index (χ1v) is 45.8. The average molecular weight is 2030 g/mol. The predicted molar refractivity (Wildman–Crippen MR) is 505 cm³/mol. The minimum absolute atomic E-state index is 0.0139. The number of nitrogens with one attached hydrogen (secondary N) is 5. The summed E-state index contributed by atoms with van der Waals surface area (Å²) in [6.07, 6.45) is 12.1. The Balaban J connectivity index is 0.000000131. The molecule has 15 aromatic rings. The quantitative estimate of drug-likeness (QED) is 0.0352. The van der Waals surface area contributed by atoms with Crippen molar-refractivity contribution in [3.05, 3.63) is 290 Å². The van der Waals surface area contributed by atoms with Crippen LogP contribution in [-0.4, -0.2) is 146 Å². The molecule has 24 nitrogen and oxygen atoms in total. The predicted octanol–water partition coefficient (Wildman–Crippen LogP) is 23.5. The molecule has 2 fully saturated rings. The van der Waals surface area contributed by atoms with Crippen LogP contribution < -0.4 is 26.6 Å². The summed E-state index contributed by atoms with van der Waals surface area (Å²) in [5.41, 5.74) is 12.0. The van der Waals surface area contributed by atoms with Crippen molar-refractivity contribution in [2.75, 3.05) is 80.1 Å². The number of nitrogens with zero attached hydrogens (tertiary/aromatic N) is 13. The summed E-state index contributed by atoms with van der Waals surface area (Å²) in [4.78, 5) is 91.0. The van der Waals surface area contributed by atoms with Crippen molar-refractivity contribution in [3.8, 4) is 52.9 Å². The second-order valence-electron chi connectivity index (χ2n) is 27.0. The summed E-state index contributed by atoms with van der Waals surface area (Å²) in [6.45, 7) is 7.59. The van der Waals surface area contributed by atoms with Crippen molar-refractivity contribution in [2.24, 2.45) is 0 Å². The highest BCUT2D eigenvalue weighted by Gasteiger charge is 2.21. The molecule has 1 unspecified atom stereocenters. The molecule has 0 radical (unpaired) electrons. The zero-order valence-corrected chi connectivity index (χ0v) is 77.0. The lowest BCUT2D eigenvalue weighted by molar-refractivity contribution is 0.0303. The molecular formula is C87H77Br5N18O6S5. The van der Waals surface area contributed by atoms with Gasteiger partial charge in [0.05, 0.1) is 96.7 Å². The molecule has 10 aromatic heterocycles. The number of carboxylic acids is 1. The van der Waals surface area contributed by atoms with Gasteiger partial charge in [-0.1, -0.05) is 48.9 Å². The number of likely N-dealkylation sites (tertiary alicyclic amines) is 1. The van der Waals surface area contributed by atoms with Crippen LogP contribution in [0.25, 0.3) is 52.9 Å². The number of thiophene rings is 5. The van der Waals surface area contributed by atoms with Crippen molar-refractivity contribution in [3.63, 3.8) is 0 Å². The summed E-state index contributed by atoms with van der Waals surface area (Å²) >= 11 is 25.4. The Morgan fingerprint density at radius 2 is 0.744 bits per heavy atom. The fourth-order valence-electron chi connectivity index (χ4n) is 12.1. The number of aromatic carboxylic acids is 1. The third-order valence-electron chi connectivity index (χ3n) is 17.9. The summed E-state index contributed by atoms with van der Waals surface area (Å²) in [6, 6.07) is 66.9. The van der Waals surface area contributed by atoms with Crippen molar-refractivity contribution < 1.29 is 29.3 Å².